The van der Waals surface area contributed by atoms with Crippen LogP contribution in [0.4, 0.5) is 0 Å². The van der Waals surface area contributed by atoms with E-state index in [1.165, 1.54) is 16.7 Å². The predicted molar refractivity (Wildman–Crippen MR) is 116 cm³/mol. The maximum absolute atomic E-state index is 11.8. The summed E-state index contributed by atoms with van der Waals surface area (Å²) < 4.78 is 1.04. The largest absolute Gasteiger partial charge is 0.343 e. The number of nitroso groups, excluding NO2 is 1. The maximum Gasteiger partial charge on any atom is 0.219 e. The van der Waals surface area contributed by atoms with E-state index in [0.717, 1.165) is 30.4 Å². The Kier molecular flexibility index (Phi) is 7.00. The highest BCUT2D eigenvalue weighted by Gasteiger charge is 2.31. The number of rotatable bonds is 6. The van der Waals surface area contributed by atoms with Gasteiger partial charge in [-0.1, -0.05) is 57.5 Å². The Hall–Kier alpha value is -2.01. The monoisotopic (exact) mass is 442 g/mol. The van der Waals surface area contributed by atoms with E-state index >= 15 is 0 Å². The second-order valence-corrected chi connectivity index (χ2v) is 8.63. The van der Waals surface area contributed by atoms with Gasteiger partial charge >= 0.3 is 0 Å². The molecule has 2 unspecified atom stereocenters. The molecule has 0 saturated carbocycles. The SMILES string of the molecule is CC(=O)N1CCC(C(CC(c2ccc(Br)cc2)c2ccccc2C)N=O)CC1. The Morgan fingerprint density at radius 1 is 1.14 bits per heavy atom. The lowest BCUT2D eigenvalue weighted by atomic mass is 9.79. The van der Waals surface area contributed by atoms with Crippen LogP contribution in [0.3, 0.4) is 0 Å². The smallest absolute Gasteiger partial charge is 0.219 e. The molecular weight excluding hydrogens is 416 g/mol. The number of hydrogen-bond donors (Lipinski definition) is 0. The molecule has 3 rings (SSSR count). The molecule has 0 radical (unpaired) electrons. The molecule has 148 valence electrons. The number of halogens is 1. The summed E-state index contributed by atoms with van der Waals surface area (Å²) in [5, 5.41) is 3.56. The van der Waals surface area contributed by atoms with Gasteiger partial charge in [-0.05, 0) is 60.9 Å². The highest BCUT2D eigenvalue weighted by Crippen LogP contribution is 2.36. The Morgan fingerprint density at radius 3 is 2.36 bits per heavy atom. The molecule has 2 atom stereocenters. The molecule has 4 nitrogen and oxygen atoms in total. The number of carbonyl (C=O) groups excluding carboxylic acids is 1. The normalized spacial score (nSPS) is 17.2. The number of benzene rings is 2. The van der Waals surface area contributed by atoms with E-state index in [1.807, 2.05) is 11.0 Å². The van der Waals surface area contributed by atoms with Crippen LogP contribution < -0.4 is 0 Å². The summed E-state index contributed by atoms with van der Waals surface area (Å²) >= 11 is 3.51. The van der Waals surface area contributed by atoms with Crippen LogP contribution in [0, 0.1) is 17.7 Å². The molecule has 0 aliphatic carbocycles. The van der Waals surface area contributed by atoms with Gasteiger partial charge in [0.2, 0.25) is 5.91 Å². The Morgan fingerprint density at radius 2 is 1.79 bits per heavy atom. The molecule has 1 amide bonds. The average molecular weight is 443 g/mol. The minimum absolute atomic E-state index is 0.113. The number of piperidine rings is 1. The van der Waals surface area contributed by atoms with Gasteiger partial charge in [0.25, 0.3) is 0 Å². The molecule has 1 saturated heterocycles. The first-order valence-electron chi connectivity index (χ1n) is 9.88. The van der Waals surface area contributed by atoms with Crippen molar-refractivity contribution in [3.63, 3.8) is 0 Å². The number of aryl methyl sites for hydroxylation is 1. The number of amides is 1. The Labute approximate surface area is 175 Å². The second-order valence-electron chi connectivity index (χ2n) is 7.71. The second kappa shape index (κ2) is 9.46. The van der Waals surface area contributed by atoms with Crippen molar-refractivity contribution >= 4 is 21.8 Å². The van der Waals surface area contributed by atoms with E-state index < -0.39 is 0 Å². The van der Waals surface area contributed by atoms with Crippen LogP contribution in [0.15, 0.2) is 58.2 Å². The van der Waals surface area contributed by atoms with E-state index in [-0.39, 0.29) is 23.8 Å². The fourth-order valence-electron chi connectivity index (χ4n) is 4.28. The van der Waals surface area contributed by atoms with Crippen molar-refractivity contribution in [1.29, 1.82) is 0 Å². The zero-order valence-electron chi connectivity index (χ0n) is 16.5. The summed E-state index contributed by atoms with van der Waals surface area (Å²) in [6.45, 7) is 5.17. The number of nitrogens with zero attached hydrogens (tertiary/aromatic N) is 2. The van der Waals surface area contributed by atoms with Crippen LogP contribution >= 0.6 is 15.9 Å². The summed E-state index contributed by atoms with van der Waals surface area (Å²) in [5.74, 6) is 0.472. The summed E-state index contributed by atoms with van der Waals surface area (Å²) in [7, 11) is 0. The van der Waals surface area contributed by atoms with Gasteiger partial charge in [-0.3, -0.25) is 4.79 Å². The molecule has 28 heavy (non-hydrogen) atoms. The number of carbonyl (C=O) groups is 1. The van der Waals surface area contributed by atoms with E-state index in [1.54, 1.807) is 6.92 Å². The van der Waals surface area contributed by atoms with Crippen LogP contribution in [-0.4, -0.2) is 29.9 Å². The molecule has 0 bridgehead atoms. The third-order valence-electron chi connectivity index (χ3n) is 5.98. The van der Waals surface area contributed by atoms with Crippen molar-refractivity contribution in [2.24, 2.45) is 11.1 Å². The molecular formula is C23H27BrN2O2. The van der Waals surface area contributed by atoms with Gasteiger partial charge in [-0.15, -0.1) is 0 Å². The Bertz CT molecular complexity index is 814. The van der Waals surface area contributed by atoms with Crippen molar-refractivity contribution in [1.82, 2.24) is 4.90 Å². The highest BCUT2D eigenvalue weighted by atomic mass is 79.9. The summed E-state index contributed by atoms with van der Waals surface area (Å²) in [4.78, 5) is 25.3. The van der Waals surface area contributed by atoms with Gasteiger partial charge < -0.3 is 4.90 Å². The predicted octanol–water partition coefficient (Wildman–Crippen LogP) is 5.67. The molecule has 0 spiro atoms. The van der Waals surface area contributed by atoms with Gasteiger partial charge in [-0.25, -0.2) is 0 Å². The lowest BCUT2D eigenvalue weighted by Gasteiger charge is -2.34. The summed E-state index contributed by atoms with van der Waals surface area (Å²) in [6, 6.07) is 16.5. The fourth-order valence-corrected chi connectivity index (χ4v) is 4.54. The van der Waals surface area contributed by atoms with Crippen molar-refractivity contribution in [2.75, 3.05) is 13.1 Å². The lowest BCUT2D eigenvalue weighted by molar-refractivity contribution is -0.130. The maximum atomic E-state index is 11.8. The third kappa shape index (κ3) is 4.88. The Balaban J connectivity index is 1.84. The highest BCUT2D eigenvalue weighted by molar-refractivity contribution is 9.10. The van der Waals surface area contributed by atoms with Crippen LogP contribution in [0.25, 0.3) is 0 Å². The fraction of sp³-hybridized carbons (Fsp3) is 0.435. The molecule has 1 aliphatic rings. The van der Waals surface area contributed by atoms with E-state index in [2.05, 4.69) is 70.5 Å². The quantitative estimate of drug-likeness (QED) is 0.540. The van der Waals surface area contributed by atoms with Gasteiger partial charge in [0, 0.05) is 30.4 Å². The standard InChI is InChI=1S/C23H27BrN2O2/c1-16-5-3-4-6-21(16)22(18-7-9-20(24)10-8-18)15-23(25-28)19-11-13-26(14-12-19)17(2)27/h3-10,19,22-23H,11-15H2,1-2H3. The van der Waals surface area contributed by atoms with Gasteiger partial charge in [0.05, 0.1) is 6.04 Å². The summed E-state index contributed by atoms with van der Waals surface area (Å²) in [5.41, 5.74) is 3.68. The van der Waals surface area contributed by atoms with Crippen molar-refractivity contribution in [3.8, 4) is 0 Å². The van der Waals surface area contributed by atoms with Gasteiger partial charge in [-0.2, -0.15) is 4.91 Å². The van der Waals surface area contributed by atoms with E-state index in [9.17, 15) is 9.70 Å². The zero-order valence-corrected chi connectivity index (χ0v) is 18.1. The molecule has 1 fully saturated rings. The first-order chi connectivity index (χ1) is 13.5. The zero-order chi connectivity index (χ0) is 20.1. The number of hydrogen-bond acceptors (Lipinski definition) is 3. The molecule has 2 aromatic carbocycles. The molecule has 2 aromatic rings. The first kappa shape index (κ1) is 20.7. The lowest BCUT2D eigenvalue weighted by Crippen LogP contribution is -2.40. The van der Waals surface area contributed by atoms with Gasteiger partial charge in [0.1, 0.15) is 0 Å². The van der Waals surface area contributed by atoms with Crippen LogP contribution in [0.5, 0.6) is 0 Å². The third-order valence-corrected chi connectivity index (χ3v) is 6.51. The van der Waals surface area contributed by atoms with Crippen LogP contribution in [-0.2, 0) is 4.79 Å². The summed E-state index contributed by atoms with van der Waals surface area (Å²) in [6.07, 6.45) is 2.38. The minimum atomic E-state index is -0.248. The minimum Gasteiger partial charge on any atom is -0.343 e. The van der Waals surface area contributed by atoms with Crippen LogP contribution in [0.1, 0.15) is 48.8 Å². The molecule has 0 aromatic heterocycles. The van der Waals surface area contributed by atoms with E-state index in [4.69, 9.17) is 0 Å². The first-order valence-corrected chi connectivity index (χ1v) is 10.7. The topological polar surface area (TPSA) is 49.7 Å². The molecule has 0 N–H and O–H groups in total. The molecule has 5 heteroatoms. The molecule has 1 heterocycles. The number of likely N-dealkylation sites (tertiary alicyclic amines) is 1. The van der Waals surface area contributed by atoms with Crippen LogP contribution in [0.2, 0.25) is 0 Å². The van der Waals surface area contributed by atoms with Crippen molar-refractivity contribution < 1.29 is 4.79 Å². The molecule has 1 aliphatic heterocycles. The van der Waals surface area contributed by atoms with Gasteiger partial charge in [0.15, 0.2) is 0 Å². The van der Waals surface area contributed by atoms with E-state index in [0.29, 0.717) is 6.42 Å². The average Bonchev–Trinajstić information content (AvgIpc) is 2.71. The van der Waals surface area contributed by atoms with Crippen molar-refractivity contribution in [3.05, 3.63) is 74.6 Å². The van der Waals surface area contributed by atoms with Crippen molar-refractivity contribution in [2.45, 2.75) is 45.1 Å².